The number of aryl methyl sites for hydroxylation is 1. The first kappa shape index (κ1) is 13.6. The zero-order valence-corrected chi connectivity index (χ0v) is 12.2. The fourth-order valence-electron chi connectivity index (χ4n) is 1.86. The Morgan fingerprint density at radius 1 is 1.53 bits per heavy atom. The van der Waals surface area contributed by atoms with Gasteiger partial charge in [0, 0.05) is 13.6 Å². The molecule has 0 unspecified atom stereocenters. The second-order valence-corrected chi connectivity index (χ2v) is 5.40. The van der Waals surface area contributed by atoms with Crippen LogP contribution in [0.1, 0.15) is 17.0 Å². The molecule has 5 nitrogen and oxygen atoms in total. The van der Waals surface area contributed by atoms with Gasteiger partial charge in [0.1, 0.15) is 6.54 Å². The highest BCUT2D eigenvalue weighted by Crippen LogP contribution is 2.15. The summed E-state index contributed by atoms with van der Waals surface area (Å²) >= 11 is 1.63. The molecule has 2 aromatic heterocycles. The second-order valence-electron chi connectivity index (χ2n) is 4.62. The lowest BCUT2D eigenvalue weighted by molar-refractivity contribution is -0.131. The molecule has 0 atom stereocenters. The third-order valence-corrected chi connectivity index (χ3v) is 3.88. The third-order valence-electron chi connectivity index (χ3n) is 3.15. The number of thiophene rings is 1. The molecule has 2 rings (SSSR count). The van der Waals surface area contributed by atoms with Crippen LogP contribution in [0.25, 0.3) is 0 Å². The van der Waals surface area contributed by atoms with Crippen LogP contribution >= 0.6 is 11.3 Å². The minimum absolute atomic E-state index is 0.0248. The van der Waals surface area contributed by atoms with Crippen LogP contribution in [0.5, 0.6) is 0 Å². The number of carbonyl (C=O) groups excluding carboxylic acids is 1. The van der Waals surface area contributed by atoms with Gasteiger partial charge in [-0.3, -0.25) is 9.48 Å². The Kier molecular flexibility index (Phi) is 3.90. The smallest absolute Gasteiger partial charge is 0.244 e. The van der Waals surface area contributed by atoms with Crippen molar-refractivity contribution in [3.63, 3.8) is 0 Å². The Bertz CT molecular complexity index is 574. The summed E-state index contributed by atoms with van der Waals surface area (Å²) in [5, 5.41) is 8.33. The van der Waals surface area contributed by atoms with Crippen molar-refractivity contribution in [2.45, 2.75) is 26.9 Å². The lowest BCUT2D eigenvalue weighted by Crippen LogP contribution is -2.30. The molecule has 0 bridgehead atoms. The first-order valence-corrected chi connectivity index (χ1v) is 6.98. The molecule has 2 heterocycles. The van der Waals surface area contributed by atoms with Crippen LogP contribution in [0, 0.1) is 13.8 Å². The molecule has 0 fully saturated rings. The van der Waals surface area contributed by atoms with E-state index in [0.717, 1.165) is 17.0 Å². The molecule has 2 aromatic rings. The summed E-state index contributed by atoms with van der Waals surface area (Å²) in [5.41, 5.74) is 9.28. The highest BCUT2D eigenvalue weighted by molar-refractivity contribution is 7.07. The quantitative estimate of drug-likeness (QED) is 0.927. The van der Waals surface area contributed by atoms with Crippen molar-refractivity contribution in [1.29, 1.82) is 0 Å². The summed E-state index contributed by atoms with van der Waals surface area (Å²) in [6.07, 6.45) is 0. The van der Waals surface area contributed by atoms with E-state index < -0.39 is 0 Å². The highest BCUT2D eigenvalue weighted by Gasteiger charge is 2.14. The number of hydrogen-bond acceptors (Lipinski definition) is 4. The van der Waals surface area contributed by atoms with Crippen LogP contribution in [0.3, 0.4) is 0 Å². The minimum atomic E-state index is 0.0248. The number of carbonyl (C=O) groups is 1. The van der Waals surface area contributed by atoms with Gasteiger partial charge in [-0.25, -0.2) is 0 Å². The molecule has 0 spiro atoms. The average Bonchev–Trinajstić information content (AvgIpc) is 2.95. The number of hydrogen-bond donors (Lipinski definition) is 1. The predicted octanol–water partition coefficient (Wildman–Crippen LogP) is 1.80. The Morgan fingerprint density at radius 3 is 2.79 bits per heavy atom. The SMILES string of the molecule is Cc1nn(CC(=O)N(C)Cc2ccsc2)c(C)c1N. The number of nitrogen functional groups attached to an aromatic ring is 1. The lowest BCUT2D eigenvalue weighted by Gasteiger charge is -2.17. The molecule has 0 aliphatic heterocycles. The van der Waals surface area contributed by atoms with E-state index in [4.69, 9.17) is 5.73 Å². The van der Waals surface area contributed by atoms with E-state index in [1.807, 2.05) is 30.7 Å². The summed E-state index contributed by atoms with van der Waals surface area (Å²) in [6.45, 7) is 4.57. The number of nitrogens with two attached hydrogens (primary N) is 1. The zero-order valence-electron chi connectivity index (χ0n) is 11.4. The maximum atomic E-state index is 12.1. The van der Waals surface area contributed by atoms with Gasteiger partial charge >= 0.3 is 0 Å². The highest BCUT2D eigenvalue weighted by atomic mass is 32.1. The van der Waals surface area contributed by atoms with Crippen LogP contribution in [0.4, 0.5) is 5.69 Å². The topological polar surface area (TPSA) is 64.2 Å². The van der Waals surface area contributed by atoms with Crippen molar-refractivity contribution in [2.24, 2.45) is 0 Å². The Morgan fingerprint density at radius 2 is 2.26 bits per heavy atom. The molecule has 102 valence electrons. The molecule has 0 saturated carbocycles. The van der Waals surface area contributed by atoms with Gasteiger partial charge in [0.2, 0.25) is 5.91 Å². The van der Waals surface area contributed by atoms with E-state index in [1.165, 1.54) is 0 Å². The van der Waals surface area contributed by atoms with Crippen LogP contribution in [-0.2, 0) is 17.9 Å². The molecule has 0 radical (unpaired) electrons. The standard InChI is InChI=1S/C13H18N4OS/c1-9-13(14)10(2)17(15-9)7-12(18)16(3)6-11-4-5-19-8-11/h4-5,8H,6-7,14H2,1-3H3. The van der Waals surface area contributed by atoms with Crippen molar-refractivity contribution in [3.05, 3.63) is 33.8 Å². The Labute approximate surface area is 116 Å². The summed E-state index contributed by atoms with van der Waals surface area (Å²) < 4.78 is 1.66. The van der Waals surface area contributed by atoms with E-state index in [1.54, 1.807) is 28.0 Å². The molecule has 0 aliphatic carbocycles. The van der Waals surface area contributed by atoms with Gasteiger partial charge in [-0.05, 0) is 36.2 Å². The summed E-state index contributed by atoms with van der Waals surface area (Å²) in [6, 6.07) is 2.02. The lowest BCUT2D eigenvalue weighted by atomic mass is 10.3. The van der Waals surface area contributed by atoms with Crippen molar-refractivity contribution in [1.82, 2.24) is 14.7 Å². The molecule has 6 heteroatoms. The van der Waals surface area contributed by atoms with Crippen molar-refractivity contribution >= 4 is 22.9 Å². The van der Waals surface area contributed by atoms with Crippen LogP contribution < -0.4 is 5.73 Å². The van der Waals surface area contributed by atoms with Crippen LogP contribution in [0.15, 0.2) is 16.8 Å². The van der Waals surface area contributed by atoms with Gasteiger partial charge in [-0.1, -0.05) is 0 Å². The third kappa shape index (κ3) is 2.96. The van der Waals surface area contributed by atoms with E-state index >= 15 is 0 Å². The van der Waals surface area contributed by atoms with Crippen LogP contribution in [-0.4, -0.2) is 27.6 Å². The Balaban J connectivity index is 2.02. The molecule has 0 aliphatic rings. The summed E-state index contributed by atoms with van der Waals surface area (Å²) in [5.74, 6) is 0.0248. The number of amides is 1. The van der Waals surface area contributed by atoms with Gasteiger partial charge in [-0.2, -0.15) is 16.4 Å². The minimum Gasteiger partial charge on any atom is -0.396 e. The summed E-state index contributed by atoms with van der Waals surface area (Å²) in [7, 11) is 1.80. The van der Waals surface area contributed by atoms with Gasteiger partial charge in [0.05, 0.1) is 17.1 Å². The maximum Gasteiger partial charge on any atom is 0.244 e. The second kappa shape index (κ2) is 5.44. The van der Waals surface area contributed by atoms with Crippen molar-refractivity contribution < 1.29 is 4.79 Å². The number of nitrogens with zero attached hydrogens (tertiary/aromatic N) is 3. The van der Waals surface area contributed by atoms with Crippen LogP contribution in [0.2, 0.25) is 0 Å². The zero-order chi connectivity index (χ0) is 14.0. The maximum absolute atomic E-state index is 12.1. The molecule has 19 heavy (non-hydrogen) atoms. The van der Waals surface area contributed by atoms with Gasteiger partial charge in [0.15, 0.2) is 0 Å². The predicted molar refractivity (Wildman–Crippen MR) is 76.9 cm³/mol. The first-order chi connectivity index (χ1) is 8.99. The number of anilines is 1. The molecule has 2 N–H and O–H groups in total. The van der Waals surface area contributed by atoms with Crippen molar-refractivity contribution in [2.75, 3.05) is 12.8 Å². The van der Waals surface area contributed by atoms with E-state index in [0.29, 0.717) is 12.2 Å². The Hall–Kier alpha value is -1.82. The fraction of sp³-hybridized carbons (Fsp3) is 0.385. The average molecular weight is 278 g/mol. The molecular formula is C13H18N4OS. The normalized spacial score (nSPS) is 10.7. The van der Waals surface area contributed by atoms with Gasteiger partial charge in [0.25, 0.3) is 0 Å². The monoisotopic (exact) mass is 278 g/mol. The molecule has 0 saturated heterocycles. The van der Waals surface area contributed by atoms with E-state index in [-0.39, 0.29) is 12.5 Å². The number of likely N-dealkylation sites (N-methyl/N-ethyl adjacent to an activating group) is 1. The van der Waals surface area contributed by atoms with Gasteiger partial charge < -0.3 is 10.6 Å². The molecule has 0 aromatic carbocycles. The largest absolute Gasteiger partial charge is 0.396 e. The van der Waals surface area contributed by atoms with E-state index in [9.17, 15) is 4.79 Å². The number of aromatic nitrogens is 2. The van der Waals surface area contributed by atoms with Crippen molar-refractivity contribution in [3.8, 4) is 0 Å². The molecule has 1 amide bonds. The fourth-order valence-corrected chi connectivity index (χ4v) is 2.52. The summed E-state index contributed by atoms with van der Waals surface area (Å²) in [4.78, 5) is 13.8. The molecular weight excluding hydrogens is 260 g/mol. The van der Waals surface area contributed by atoms with E-state index in [2.05, 4.69) is 5.10 Å². The number of rotatable bonds is 4. The first-order valence-electron chi connectivity index (χ1n) is 6.03. The van der Waals surface area contributed by atoms with Gasteiger partial charge in [-0.15, -0.1) is 0 Å².